The number of imidazole rings is 1. The molecule has 2 aromatic carbocycles. The second-order valence-corrected chi connectivity index (χ2v) is 6.69. The molecule has 8 heteroatoms. The summed E-state index contributed by atoms with van der Waals surface area (Å²) in [6.45, 7) is 0.788. The SMILES string of the molecule is COc1cc(OCc2ccccc2OC)ccc1CNC(Cc1cnc[nH]1)C(N)=O. The Kier molecular flexibility index (Phi) is 7.29. The van der Waals surface area contributed by atoms with Crippen LogP contribution in [0.2, 0.25) is 0 Å². The lowest BCUT2D eigenvalue weighted by molar-refractivity contribution is -0.120. The minimum absolute atomic E-state index is 0.374. The zero-order chi connectivity index (χ0) is 21.3. The monoisotopic (exact) mass is 410 g/mol. The van der Waals surface area contributed by atoms with E-state index in [1.165, 1.54) is 0 Å². The third-order valence-corrected chi connectivity index (χ3v) is 4.71. The molecule has 8 nitrogen and oxygen atoms in total. The van der Waals surface area contributed by atoms with Gasteiger partial charge in [-0.15, -0.1) is 0 Å². The molecule has 0 aliphatic rings. The number of hydrogen-bond donors (Lipinski definition) is 3. The van der Waals surface area contributed by atoms with Gasteiger partial charge in [-0.3, -0.25) is 4.79 Å². The van der Waals surface area contributed by atoms with E-state index in [1.54, 1.807) is 26.7 Å². The normalized spacial score (nSPS) is 11.7. The third kappa shape index (κ3) is 5.51. The van der Waals surface area contributed by atoms with Gasteiger partial charge < -0.3 is 30.2 Å². The van der Waals surface area contributed by atoms with Gasteiger partial charge in [0.2, 0.25) is 5.91 Å². The Labute approximate surface area is 175 Å². The van der Waals surface area contributed by atoms with Gasteiger partial charge in [0, 0.05) is 42.0 Å². The molecule has 1 aromatic heterocycles. The molecule has 3 rings (SSSR count). The van der Waals surface area contributed by atoms with E-state index < -0.39 is 11.9 Å². The smallest absolute Gasteiger partial charge is 0.234 e. The van der Waals surface area contributed by atoms with E-state index in [0.29, 0.717) is 31.1 Å². The Hall–Kier alpha value is -3.52. The van der Waals surface area contributed by atoms with Gasteiger partial charge in [-0.1, -0.05) is 24.3 Å². The van der Waals surface area contributed by atoms with E-state index in [4.69, 9.17) is 19.9 Å². The summed E-state index contributed by atoms with van der Waals surface area (Å²) in [6, 6.07) is 12.8. The van der Waals surface area contributed by atoms with Crippen LogP contribution in [0, 0.1) is 0 Å². The van der Waals surface area contributed by atoms with Crippen LogP contribution in [0.5, 0.6) is 17.2 Å². The quantitative estimate of drug-likeness (QED) is 0.447. The van der Waals surface area contributed by atoms with Crippen LogP contribution in [-0.2, 0) is 24.4 Å². The number of carbonyl (C=O) groups is 1. The van der Waals surface area contributed by atoms with Crippen LogP contribution in [0.4, 0.5) is 0 Å². The molecule has 0 radical (unpaired) electrons. The lowest BCUT2D eigenvalue weighted by Crippen LogP contribution is -2.42. The van der Waals surface area contributed by atoms with Crippen molar-refractivity contribution in [3.05, 3.63) is 71.8 Å². The predicted molar refractivity (Wildman–Crippen MR) is 112 cm³/mol. The van der Waals surface area contributed by atoms with Gasteiger partial charge in [0.05, 0.1) is 26.6 Å². The van der Waals surface area contributed by atoms with Crippen molar-refractivity contribution in [2.24, 2.45) is 5.73 Å². The number of carbonyl (C=O) groups excluding carboxylic acids is 1. The first-order valence-corrected chi connectivity index (χ1v) is 9.52. The topological polar surface area (TPSA) is 111 Å². The Balaban J connectivity index is 1.64. The average molecular weight is 410 g/mol. The molecule has 0 aliphatic heterocycles. The van der Waals surface area contributed by atoms with Gasteiger partial charge in [0.1, 0.15) is 23.9 Å². The highest BCUT2D eigenvalue weighted by molar-refractivity contribution is 5.80. The zero-order valence-corrected chi connectivity index (χ0v) is 17.1. The van der Waals surface area contributed by atoms with E-state index in [0.717, 1.165) is 22.6 Å². The van der Waals surface area contributed by atoms with Crippen LogP contribution in [0.25, 0.3) is 0 Å². The molecule has 1 amide bonds. The standard InChI is InChI=1S/C22H26N4O4/c1-28-20-6-4-3-5-16(20)13-30-18-8-7-15(21(10-18)29-2)11-25-19(22(23)27)9-17-12-24-14-26-17/h3-8,10,12,14,19,25H,9,11,13H2,1-2H3,(H2,23,27)(H,24,26). The van der Waals surface area contributed by atoms with Crippen molar-refractivity contribution in [3.8, 4) is 17.2 Å². The van der Waals surface area contributed by atoms with Crippen LogP contribution in [-0.4, -0.2) is 36.1 Å². The Morgan fingerprint density at radius 1 is 1.13 bits per heavy atom. The van der Waals surface area contributed by atoms with Gasteiger partial charge in [-0.2, -0.15) is 0 Å². The molecule has 0 spiro atoms. The van der Waals surface area contributed by atoms with Crippen molar-refractivity contribution in [3.63, 3.8) is 0 Å². The van der Waals surface area contributed by atoms with Crippen molar-refractivity contribution in [2.75, 3.05) is 14.2 Å². The number of benzene rings is 2. The Morgan fingerprint density at radius 2 is 1.93 bits per heavy atom. The van der Waals surface area contributed by atoms with Crippen LogP contribution >= 0.6 is 0 Å². The first-order valence-electron chi connectivity index (χ1n) is 9.52. The van der Waals surface area contributed by atoms with Crippen molar-refractivity contribution in [2.45, 2.75) is 25.6 Å². The maximum atomic E-state index is 11.8. The number of aromatic amines is 1. The number of nitrogens with one attached hydrogen (secondary N) is 2. The number of methoxy groups -OCH3 is 2. The van der Waals surface area contributed by atoms with Crippen LogP contribution < -0.4 is 25.3 Å². The maximum Gasteiger partial charge on any atom is 0.234 e. The number of para-hydroxylation sites is 1. The molecule has 4 N–H and O–H groups in total. The van der Waals surface area contributed by atoms with Crippen molar-refractivity contribution in [1.82, 2.24) is 15.3 Å². The molecule has 0 saturated carbocycles. The molecule has 0 bridgehead atoms. The molecule has 30 heavy (non-hydrogen) atoms. The predicted octanol–water partition coefficient (Wildman–Crippen LogP) is 2.19. The largest absolute Gasteiger partial charge is 0.496 e. The van der Waals surface area contributed by atoms with Crippen LogP contribution in [0.15, 0.2) is 55.0 Å². The summed E-state index contributed by atoms with van der Waals surface area (Å²) in [5.74, 6) is 1.68. The van der Waals surface area contributed by atoms with Gasteiger partial charge >= 0.3 is 0 Å². The number of H-pyrrole nitrogens is 1. The Bertz CT molecular complexity index is 960. The first kappa shape index (κ1) is 21.2. The van der Waals surface area contributed by atoms with Crippen molar-refractivity contribution >= 4 is 5.91 Å². The summed E-state index contributed by atoms with van der Waals surface area (Å²) < 4.78 is 16.8. The van der Waals surface area contributed by atoms with E-state index >= 15 is 0 Å². The fourth-order valence-electron chi connectivity index (χ4n) is 3.07. The number of primary amides is 1. The fourth-order valence-corrected chi connectivity index (χ4v) is 3.07. The summed E-state index contributed by atoms with van der Waals surface area (Å²) in [5, 5.41) is 3.18. The zero-order valence-electron chi connectivity index (χ0n) is 17.1. The van der Waals surface area contributed by atoms with Gasteiger partial charge in [0.15, 0.2) is 0 Å². The average Bonchev–Trinajstić information content (AvgIpc) is 3.28. The molecule has 3 aromatic rings. The second kappa shape index (κ2) is 10.3. The summed E-state index contributed by atoms with van der Waals surface area (Å²) in [7, 11) is 3.23. The fraction of sp³-hybridized carbons (Fsp3) is 0.273. The van der Waals surface area contributed by atoms with E-state index in [-0.39, 0.29) is 0 Å². The molecular weight excluding hydrogens is 384 g/mol. The lowest BCUT2D eigenvalue weighted by atomic mass is 10.1. The highest BCUT2D eigenvalue weighted by Crippen LogP contribution is 2.26. The summed E-state index contributed by atoms with van der Waals surface area (Å²) in [5.41, 5.74) is 8.20. The van der Waals surface area contributed by atoms with Crippen molar-refractivity contribution in [1.29, 1.82) is 0 Å². The van der Waals surface area contributed by atoms with Gasteiger partial charge in [0.25, 0.3) is 0 Å². The molecule has 0 fully saturated rings. The molecule has 0 saturated heterocycles. The number of amides is 1. The third-order valence-electron chi connectivity index (χ3n) is 4.71. The minimum atomic E-state index is -0.531. The van der Waals surface area contributed by atoms with Crippen LogP contribution in [0.3, 0.4) is 0 Å². The number of nitrogens with zero attached hydrogens (tertiary/aromatic N) is 1. The maximum absolute atomic E-state index is 11.8. The Morgan fingerprint density at radius 3 is 2.63 bits per heavy atom. The van der Waals surface area contributed by atoms with Crippen LogP contribution in [0.1, 0.15) is 16.8 Å². The highest BCUT2D eigenvalue weighted by Gasteiger charge is 2.17. The molecule has 0 aliphatic carbocycles. The van der Waals surface area contributed by atoms with E-state index in [9.17, 15) is 4.79 Å². The number of nitrogens with two attached hydrogens (primary N) is 1. The molecule has 158 valence electrons. The van der Waals surface area contributed by atoms with Gasteiger partial charge in [-0.25, -0.2) is 4.98 Å². The number of aromatic nitrogens is 2. The molecule has 1 heterocycles. The number of hydrogen-bond acceptors (Lipinski definition) is 6. The molecular formula is C22H26N4O4. The first-order chi connectivity index (χ1) is 14.6. The summed E-state index contributed by atoms with van der Waals surface area (Å²) in [4.78, 5) is 18.7. The number of rotatable bonds is 11. The van der Waals surface area contributed by atoms with Crippen molar-refractivity contribution < 1.29 is 19.0 Å². The molecule has 1 unspecified atom stereocenters. The minimum Gasteiger partial charge on any atom is -0.496 e. The molecule has 1 atom stereocenters. The highest BCUT2D eigenvalue weighted by atomic mass is 16.5. The second-order valence-electron chi connectivity index (χ2n) is 6.69. The summed E-state index contributed by atoms with van der Waals surface area (Å²) in [6.07, 6.45) is 3.67. The van der Waals surface area contributed by atoms with E-state index in [2.05, 4.69) is 15.3 Å². The van der Waals surface area contributed by atoms with Gasteiger partial charge in [-0.05, 0) is 12.1 Å². The van der Waals surface area contributed by atoms with E-state index in [1.807, 2.05) is 42.5 Å². The lowest BCUT2D eigenvalue weighted by Gasteiger charge is -2.17. The number of ether oxygens (including phenoxy) is 3. The summed E-state index contributed by atoms with van der Waals surface area (Å²) >= 11 is 0.